The summed E-state index contributed by atoms with van der Waals surface area (Å²) in [7, 11) is 1.65. The molecule has 0 aliphatic carbocycles. The van der Waals surface area contributed by atoms with Crippen molar-refractivity contribution in [1.82, 2.24) is 20.2 Å². The highest BCUT2D eigenvalue weighted by Gasteiger charge is 2.22. The highest BCUT2D eigenvalue weighted by atomic mass is 35.5. The van der Waals surface area contributed by atoms with Crippen LogP contribution in [0.3, 0.4) is 0 Å². The van der Waals surface area contributed by atoms with Crippen molar-refractivity contribution in [2.24, 2.45) is 0 Å². The summed E-state index contributed by atoms with van der Waals surface area (Å²) in [5.41, 5.74) is 0.834. The van der Waals surface area contributed by atoms with Crippen molar-refractivity contribution in [3.63, 3.8) is 0 Å². The van der Waals surface area contributed by atoms with Crippen LogP contribution in [0, 0.1) is 0 Å². The summed E-state index contributed by atoms with van der Waals surface area (Å²) in [5.74, 6) is 0.897. The molecule has 0 spiro atoms. The SMILES string of the molecule is CNC(=O)N1CCN(c2ncnc3cc(Cl)ccc23)CC1. The maximum Gasteiger partial charge on any atom is 0.317 e. The Labute approximate surface area is 127 Å². The van der Waals surface area contributed by atoms with E-state index in [9.17, 15) is 4.79 Å². The van der Waals surface area contributed by atoms with Gasteiger partial charge in [0.25, 0.3) is 0 Å². The number of anilines is 1. The van der Waals surface area contributed by atoms with Gasteiger partial charge in [-0.2, -0.15) is 0 Å². The van der Waals surface area contributed by atoms with Gasteiger partial charge in [-0.05, 0) is 18.2 Å². The number of aromatic nitrogens is 2. The monoisotopic (exact) mass is 305 g/mol. The molecule has 1 aliphatic heterocycles. The van der Waals surface area contributed by atoms with Crippen molar-refractivity contribution in [2.45, 2.75) is 0 Å². The molecule has 1 aliphatic rings. The van der Waals surface area contributed by atoms with E-state index in [1.807, 2.05) is 18.2 Å². The molecule has 2 aromatic rings. The molecule has 1 N–H and O–H groups in total. The summed E-state index contributed by atoms with van der Waals surface area (Å²) in [6.07, 6.45) is 1.55. The highest BCUT2D eigenvalue weighted by molar-refractivity contribution is 6.31. The van der Waals surface area contributed by atoms with Gasteiger partial charge in [-0.1, -0.05) is 11.6 Å². The van der Waals surface area contributed by atoms with E-state index in [1.54, 1.807) is 18.3 Å². The van der Waals surface area contributed by atoms with Crippen LogP contribution >= 0.6 is 11.6 Å². The zero-order valence-corrected chi connectivity index (χ0v) is 12.5. The zero-order chi connectivity index (χ0) is 14.8. The standard InChI is InChI=1S/C14H16ClN5O/c1-16-14(21)20-6-4-19(5-7-20)13-11-3-2-10(15)8-12(11)17-9-18-13/h2-3,8-9H,4-7H2,1H3,(H,16,21). The van der Waals surface area contributed by atoms with Crippen LogP contribution in [-0.2, 0) is 0 Å². The third-order valence-corrected chi connectivity index (χ3v) is 3.89. The second-order valence-corrected chi connectivity index (χ2v) is 5.32. The second-order valence-electron chi connectivity index (χ2n) is 4.89. The normalized spacial score (nSPS) is 15.3. The lowest BCUT2D eigenvalue weighted by Crippen LogP contribution is -2.51. The van der Waals surface area contributed by atoms with Crippen molar-refractivity contribution in [1.29, 1.82) is 0 Å². The summed E-state index contributed by atoms with van der Waals surface area (Å²) >= 11 is 6.00. The molecular weight excluding hydrogens is 290 g/mol. The molecule has 0 bridgehead atoms. The summed E-state index contributed by atoms with van der Waals surface area (Å²) in [4.78, 5) is 24.3. The van der Waals surface area contributed by atoms with Crippen molar-refractivity contribution >= 4 is 34.4 Å². The van der Waals surface area contributed by atoms with Gasteiger partial charge < -0.3 is 15.1 Å². The molecule has 1 aromatic heterocycles. The van der Waals surface area contributed by atoms with Gasteiger partial charge in [0.15, 0.2) is 0 Å². The minimum absolute atomic E-state index is 0.0334. The first-order valence-electron chi connectivity index (χ1n) is 6.81. The molecule has 0 unspecified atom stereocenters. The summed E-state index contributed by atoms with van der Waals surface area (Å²) < 4.78 is 0. The number of urea groups is 1. The van der Waals surface area contributed by atoms with Crippen molar-refractivity contribution < 1.29 is 4.79 Å². The molecule has 2 amide bonds. The number of carbonyl (C=O) groups is 1. The van der Waals surface area contributed by atoms with Gasteiger partial charge >= 0.3 is 6.03 Å². The van der Waals surface area contributed by atoms with Crippen molar-refractivity contribution in [3.05, 3.63) is 29.5 Å². The third-order valence-electron chi connectivity index (χ3n) is 3.66. The van der Waals surface area contributed by atoms with Crippen LogP contribution in [0.1, 0.15) is 0 Å². The molecule has 6 nitrogen and oxygen atoms in total. The van der Waals surface area contributed by atoms with Gasteiger partial charge in [0.05, 0.1) is 5.52 Å². The lowest BCUT2D eigenvalue weighted by atomic mass is 10.2. The lowest BCUT2D eigenvalue weighted by molar-refractivity contribution is 0.196. The molecule has 1 saturated heterocycles. The molecule has 1 fully saturated rings. The Morgan fingerprint density at radius 3 is 2.71 bits per heavy atom. The fourth-order valence-electron chi connectivity index (χ4n) is 2.55. The number of fused-ring (bicyclic) bond motifs is 1. The van der Waals surface area contributed by atoms with Crippen LogP contribution in [-0.4, -0.2) is 54.1 Å². The van der Waals surface area contributed by atoms with E-state index in [4.69, 9.17) is 11.6 Å². The fraction of sp³-hybridized carbons (Fsp3) is 0.357. The minimum Gasteiger partial charge on any atom is -0.352 e. The van der Waals surface area contributed by atoms with E-state index in [0.29, 0.717) is 18.1 Å². The Kier molecular flexibility index (Phi) is 3.79. The fourth-order valence-corrected chi connectivity index (χ4v) is 2.71. The zero-order valence-electron chi connectivity index (χ0n) is 11.7. The van der Waals surface area contributed by atoms with Gasteiger partial charge in [0.2, 0.25) is 0 Å². The first-order valence-corrected chi connectivity index (χ1v) is 7.18. The van der Waals surface area contributed by atoms with Gasteiger partial charge in [0, 0.05) is 43.6 Å². The van der Waals surface area contributed by atoms with Crippen LogP contribution in [0.2, 0.25) is 5.02 Å². The number of halogens is 1. The van der Waals surface area contributed by atoms with E-state index < -0.39 is 0 Å². The first-order chi connectivity index (χ1) is 10.2. The maximum atomic E-state index is 11.6. The molecule has 0 atom stereocenters. The molecule has 110 valence electrons. The van der Waals surface area contributed by atoms with Crippen LogP contribution < -0.4 is 10.2 Å². The number of benzene rings is 1. The van der Waals surface area contributed by atoms with Gasteiger partial charge in [-0.25, -0.2) is 14.8 Å². The summed E-state index contributed by atoms with van der Waals surface area (Å²) in [5, 5.41) is 4.30. The van der Waals surface area contributed by atoms with E-state index in [2.05, 4.69) is 20.2 Å². The van der Waals surface area contributed by atoms with Gasteiger partial charge in [0.1, 0.15) is 12.1 Å². The van der Waals surface area contributed by atoms with Crippen molar-refractivity contribution in [2.75, 3.05) is 38.1 Å². The Morgan fingerprint density at radius 1 is 1.24 bits per heavy atom. The quantitative estimate of drug-likeness (QED) is 0.872. The highest BCUT2D eigenvalue weighted by Crippen LogP contribution is 2.26. The molecule has 2 heterocycles. The second kappa shape index (κ2) is 5.73. The molecule has 1 aromatic carbocycles. The molecule has 7 heteroatoms. The van der Waals surface area contributed by atoms with Gasteiger partial charge in [-0.3, -0.25) is 0 Å². The predicted molar refractivity (Wildman–Crippen MR) is 82.8 cm³/mol. The van der Waals surface area contributed by atoms with Crippen LogP contribution in [0.4, 0.5) is 10.6 Å². The Morgan fingerprint density at radius 2 is 2.00 bits per heavy atom. The van der Waals surface area contributed by atoms with Crippen LogP contribution in [0.5, 0.6) is 0 Å². The molecule has 0 radical (unpaired) electrons. The molecule has 0 saturated carbocycles. The number of hydrogen-bond acceptors (Lipinski definition) is 4. The average Bonchev–Trinajstić information content (AvgIpc) is 2.53. The van der Waals surface area contributed by atoms with E-state index in [-0.39, 0.29) is 6.03 Å². The minimum atomic E-state index is -0.0334. The average molecular weight is 306 g/mol. The topological polar surface area (TPSA) is 61.4 Å². The number of nitrogens with one attached hydrogen (secondary N) is 1. The van der Waals surface area contributed by atoms with E-state index in [1.165, 1.54) is 0 Å². The lowest BCUT2D eigenvalue weighted by Gasteiger charge is -2.35. The van der Waals surface area contributed by atoms with E-state index in [0.717, 1.165) is 29.8 Å². The Bertz CT molecular complexity index is 669. The van der Waals surface area contributed by atoms with Crippen LogP contribution in [0.25, 0.3) is 10.9 Å². The van der Waals surface area contributed by atoms with Crippen molar-refractivity contribution in [3.8, 4) is 0 Å². The third kappa shape index (κ3) is 2.71. The smallest absolute Gasteiger partial charge is 0.317 e. The first kappa shape index (κ1) is 13.9. The number of piperazine rings is 1. The van der Waals surface area contributed by atoms with Crippen LogP contribution in [0.15, 0.2) is 24.5 Å². The Hall–Kier alpha value is -2.08. The maximum absolute atomic E-state index is 11.6. The number of rotatable bonds is 1. The number of hydrogen-bond donors (Lipinski definition) is 1. The molecular formula is C14H16ClN5O. The van der Waals surface area contributed by atoms with E-state index >= 15 is 0 Å². The number of amides is 2. The number of nitrogens with zero attached hydrogens (tertiary/aromatic N) is 4. The summed E-state index contributed by atoms with van der Waals surface area (Å²) in [6, 6.07) is 5.59. The predicted octanol–water partition coefficient (Wildman–Crippen LogP) is 1.74. The van der Waals surface area contributed by atoms with Gasteiger partial charge in [-0.15, -0.1) is 0 Å². The number of carbonyl (C=O) groups excluding carboxylic acids is 1. The molecule has 21 heavy (non-hydrogen) atoms. The largest absolute Gasteiger partial charge is 0.352 e. The Balaban J connectivity index is 1.84. The molecule has 3 rings (SSSR count). The summed E-state index contributed by atoms with van der Waals surface area (Å²) in [6.45, 7) is 2.86.